The molecule has 17 heavy (non-hydrogen) atoms. The number of methoxy groups -OCH3 is 1. The Labute approximate surface area is 108 Å². The van der Waals surface area contributed by atoms with Crippen molar-refractivity contribution < 1.29 is 4.74 Å². The normalized spacial score (nSPS) is 27.6. The summed E-state index contributed by atoms with van der Waals surface area (Å²) in [5.41, 5.74) is 7.25. The van der Waals surface area contributed by atoms with Gasteiger partial charge in [-0.2, -0.15) is 0 Å². The highest BCUT2D eigenvalue weighted by molar-refractivity contribution is 6.30. The zero-order chi connectivity index (χ0) is 12.5. The second-order valence-electron chi connectivity index (χ2n) is 5.01. The molecule has 0 bridgehead atoms. The molecule has 0 aromatic heterocycles. The van der Waals surface area contributed by atoms with E-state index < -0.39 is 0 Å². The topological polar surface area (TPSA) is 35.2 Å². The third-order valence-corrected chi connectivity index (χ3v) is 4.29. The molecule has 0 spiro atoms. The highest BCUT2D eigenvalue weighted by atomic mass is 35.5. The van der Waals surface area contributed by atoms with Crippen molar-refractivity contribution in [1.29, 1.82) is 0 Å². The van der Waals surface area contributed by atoms with E-state index in [0.717, 1.165) is 29.5 Å². The maximum Gasteiger partial charge on any atom is 0.122 e. The lowest BCUT2D eigenvalue weighted by molar-refractivity contribution is 0.141. The van der Waals surface area contributed by atoms with Gasteiger partial charge in [-0.1, -0.05) is 24.9 Å². The van der Waals surface area contributed by atoms with Crippen LogP contribution in [-0.2, 0) is 5.41 Å². The number of hydrogen-bond donors (Lipinski definition) is 1. The first kappa shape index (κ1) is 12.7. The van der Waals surface area contributed by atoms with E-state index in [4.69, 9.17) is 22.1 Å². The molecule has 0 atom stereocenters. The quantitative estimate of drug-likeness (QED) is 0.893. The van der Waals surface area contributed by atoms with E-state index in [1.165, 1.54) is 12.0 Å². The van der Waals surface area contributed by atoms with Gasteiger partial charge in [0.25, 0.3) is 0 Å². The fourth-order valence-corrected chi connectivity index (χ4v) is 3.10. The minimum atomic E-state index is 0.0803. The van der Waals surface area contributed by atoms with Crippen LogP contribution in [0.15, 0.2) is 18.2 Å². The van der Waals surface area contributed by atoms with Crippen molar-refractivity contribution in [1.82, 2.24) is 0 Å². The van der Waals surface area contributed by atoms with Crippen molar-refractivity contribution in [2.75, 3.05) is 13.7 Å². The Morgan fingerprint density at radius 1 is 1.47 bits per heavy atom. The Morgan fingerprint density at radius 3 is 2.71 bits per heavy atom. The Kier molecular flexibility index (Phi) is 3.64. The van der Waals surface area contributed by atoms with Gasteiger partial charge in [0, 0.05) is 22.5 Å². The second-order valence-corrected chi connectivity index (χ2v) is 5.45. The fourth-order valence-electron chi connectivity index (χ4n) is 2.93. The van der Waals surface area contributed by atoms with Gasteiger partial charge < -0.3 is 10.5 Å². The average molecular weight is 254 g/mol. The third kappa shape index (κ3) is 2.16. The summed E-state index contributed by atoms with van der Waals surface area (Å²) >= 11 is 6.09. The molecule has 0 heterocycles. The lowest BCUT2D eigenvalue weighted by atomic mass is 9.58. The molecule has 2 N–H and O–H groups in total. The number of halogens is 1. The number of ether oxygens (including phenoxy) is 1. The lowest BCUT2D eigenvalue weighted by Crippen LogP contribution is -2.47. The molecular weight excluding hydrogens is 234 g/mol. The molecule has 1 aromatic rings. The number of rotatable bonds is 4. The van der Waals surface area contributed by atoms with Crippen LogP contribution in [0.5, 0.6) is 5.75 Å². The van der Waals surface area contributed by atoms with Crippen molar-refractivity contribution in [2.24, 2.45) is 11.7 Å². The van der Waals surface area contributed by atoms with Crippen molar-refractivity contribution in [3.8, 4) is 5.75 Å². The predicted molar refractivity (Wildman–Crippen MR) is 71.8 cm³/mol. The summed E-state index contributed by atoms with van der Waals surface area (Å²) in [4.78, 5) is 0. The first-order chi connectivity index (χ1) is 8.15. The monoisotopic (exact) mass is 253 g/mol. The van der Waals surface area contributed by atoms with Gasteiger partial charge in [0.05, 0.1) is 7.11 Å². The van der Waals surface area contributed by atoms with Gasteiger partial charge in [-0.3, -0.25) is 0 Å². The smallest absolute Gasteiger partial charge is 0.122 e. The van der Waals surface area contributed by atoms with Crippen LogP contribution in [0, 0.1) is 5.92 Å². The molecule has 0 amide bonds. The molecule has 1 fully saturated rings. The summed E-state index contributed by atoms with van der Waals surface area (Å²) in [7, 11) is 1.70. The van der Waals surface area contributed by atoms with Crippen LogP contribution in [0.1, 0.15) is 31.7 Å². The van der Waals surface area contributed by atoms with E-state index in [-0.39, 0.29) is 5.41 Å². The molecule has 2 nitrogen and oxygen atoms in total. The van der Waals surface area contributed by atoms with Crippen LogP contribution in [0.4, 0.5) is 0 Å². The summed E-state index contributed by atoms with van der Waals surface area (Å²) in [6.45, 7) is 2.90. The summed E-state index contributed by atoms with van der Waals surface area (Å²) in [5.74, 6) is 1.71. The number of benzene rings is 1. The summed E-state index contributed by atoms with van der Waals surface area (Å²) in [6.07, 6.45) is 3.53. The van der Waals surface area contributed by atoms with E-state index in [0.29, 0.717) is 6.54 Å². The van der Waals surface area contributed by atoms with Gasteiger partial charge in [-0.15, -0.1) is 0 Å². The van der Waals surface area contributed by atoms with E-state index >= 15 is 0 Å². The predicted octanol–water partition coefficient (Wildman–Crippen LogP) is 3.37. The first-order valence-electron chi connectivity index (χ1n) is 6.19. The molecule has 0 radical (unpaired) electrons. The second kappa shape index (κ2) is 4.87. The molecule has 0 saturated heterocycles. The van der Waals surface area contributed by atoms with Gasteiger partial charge in [-0.05, 0) is 37.0 Å². The lowest BCUT2D eigenvalue weighted by Gasteiger charge is -2.48. The van der Waals surface area contributed by atoms with Gasteiger partial charge in [0.2, 0.25) is 0 Å². The summed E-state index contributed by atoms with van der Waals surface area (Å²) in [6, 6.07) is 5.82. The molecule has 0 aliphatic heterocycles. The molecule has 2 rings (SSSR count). The van der Waals surface area contributed by atoms with Gasteiger partial charge in [-0.25, -0.2) is 0 Å². The zero-order valence-electron chi connectivity index (χ0n) is 10.5. The molecule has 1 aliphatic carbocycles. The van der Waals surface area contributed by atoms with Crippen molar-refractivity contribution in [3.63, 3.8) is 0 Å². The van der Waals surface area contributed by atoms with Crippen molar-refractivity contribution in [2.45, 2.75) is 31.6 Å². The van der Waals surface area contributed by atoms with Gasteiger partial charge in [0.1, 0.15) is 5.75 Å². The van der Waals surface area contributed by atoms with Crippen LogP contribution >= 0.6 is 11.6 Å². The molecule has 94 valence electrons. The molecule has 1 aromatic carbocycles. The van der Waals surface area contributed by atoms with Gasteiger partial charge >= 0.3 is 0 Å². The maximum absolute atomic E-state index is 6.09. The largest absolute Gasteiger partial charge is 0.496 e. The highest BCUT2D eigenvalue weighted by Crippen LogP contribution is 2.51. The zero-order valence-corrected chi connectivity index (χ0v) is 11.3. The molecular formula is C14H20ClNO. The fraction of sp³-hybridized carbons (Fsp3) is 0.571. The molecule has 3 heteroatoms. The van der Waals surface area contributed by atoms with Crippen molar-refractivity contribution in [3.05, 3.63) is 28.8 Å². The van der Waals surface area contributed by atoms with Gasteiger partial charge in [0.15, 0.2) is 0 Å². The molecule has 1 aliphatic rings. The first-order valence-corrected chi connectivity index (χ1v) is 6.57. The van der Waals surface area contributed by atoms with Crippen LogP contribution in [0.2, 0.25) is 5.02 Å². The van der Waals surface area contributed by atoms with E-state index in [1.54, 1.807) is 7.11 Å². The van der Waals surface area contributed by atoms with Crippen LogP contribution in [0.25, 0.3) is 0 Å². The van der Waals surface area contributed by atoms with E-state index in [9.17, 15) is 0 Å². The van der Waals surface area contributed by atoms with Crippen molar-refractivity contribution >= 4 is 11.6 Å². The number of hydrogen-bond acceptors (Lipinski definition) is 2. The average Bonchev–Trinajstić information content (AvgIpc) is 2.29. The molecule has 0 unspecified atom stereocenters. The van der Waals surface area contributed by atoms with Crippen LogP contribution in [-0.4, -0.2) is 13.7 Å². The van der Waals surface area contributed by atoms with E-state index in [1.807, 2.05) is 18.2 Å². The van der Waals surface area contributed by atoms with E-state index in [2.05, 4.69) is 6.92 Å². The van der Waals surface area contributed by atoms with Crippen LogP contribution < -0.4 is 10.5 Å². The maximum atomic E-state index is 6.09. The Bertz CT molecular complexity index is 399. The number of nitrogens with two attached hydrogens (primary N) is 1. The summed E-state index contributed by atoms with van der Waals surface area (Å²) < 4.78 is 5.44. The minimum absolute atomic E-state index is 0.0803. The minimum Gasteiger partial charge on any atom is -0.496 e. The Morgan fingerprint density at radius 2 is 2.18 bits per heavy atom. The van der Waals surface area contributed by atoms with Crippen LogP contribution in [0.3, 0.4) is 0 Å². The molecule has 1 saturated carbocycles. The summed E-state index contributed by atoms with van der Waals surface area (Å²) in [5, 5.41) is 0.758. The Balaban J connectivity index is 2.34. The third-order valence-electron chi connectivity index (χ3n) is 4.06. The Hall–Kier alpha value is -0.730. The standard InChI is InChI=1S/C14H20ClNO/c1-3-10-7-14(8-10,9-16)12-6-11(15)4-5-13(12)17-2/h4-6,10H,3,7-9,16H2,1-2H3. The highest BCUT2D eigenvalue weighted by Gasteiger charge is 2.45. The SMILES string of the molecule is CCC1CC(CN)(c2cc(Cl)ccc2OC)C1.